The van der Waals surface area contributed by atoms with Gasteiger partial charge in [0.25, 0.3) is 0 Å². The van der Waals surface area contributed by atoms with Gasteiger partial charge in [-0.15, -0.1) is 0 Å². The fourth-order valence-electron chi connectivity index (χ4n) is 1.63. The van der Waals surface area contributed by atoms with Gasteiger partial charge in [0.15, 0.2) is 0 Å². The van der Waals surface area contributed by atoms with Crippen molar-refractivity contribution in [1.82, 2.24) is 0 Å². The molecule has 3 N–H and O–H groups in total. The third kappa shape index (κ3) is 4.96. The molecular formula is C13H21NO. The molecule has 0 radical (unpaired) electrons. The van der Waals surface area contributed by atoms with E-state index in [1.807, 2.05) is 0 Å². The third-order valence-corrected chi connectivity index (χ3v) is 2.57. The van der Waals surface area contributed by atoms with Crippen LogP contribution < -0.4 is 5.73 Å². The van der Waals surface area contributed by atoms with Gasteiger partial charge in [-0.2, -0.15) is 0 Å². The van der Waals surface area contributed by atoms with Crippen LogP contribution in [-0.4, -0.2) is 18.3 Å². The average Bonchev–Trinajstić information content (AvgIpc) is 2.28. The van der Waals surface area contributed by atoms with Gasteiger partial charge in [0.1, 0.15) is 0 Å². The minimum absolute atomic E-state index is 0.276. The first-order valence-corrected chi connectivity index (χ1v) is 5.75. The molecule has 0 saturated heterocycles. The summed E-state index contributed by atoms with van der Waals surface area (Å²) in [7, 11) is 0. The lowest BCUT2D eigenvalue weighted by molar-refractivity contribution is 0.288. The van der Waals surface area contributed by atoms with Gasteiger partial charge in [0.2, 0.25) is 0 Å². The molecule has 15 heavy (non-hydrogen) atoms. The van der Waals surface area contributed by atoms with Crippen LogP contribution in [-0.2, 0) is 12.8 Å². The summed E-state index contributed by atoms with van der Waals surface area (Å²) < 4.78 is 0. The van der Waals surface area contributed by atoms with Crippen LogP contribution in [0.1, 0.15) is 30.4 Å². The number of hydrogen-bond acceptors (Lipinski definition) is 2. The number of aryl methyl sites for hydroxylation is 2. The molecule has 0 saturated carbocycles. The minimum Gasteiger partial charge on any atom is -0.396 e. The maximum Gasteiger partial charge on any atom is 0.0434 e. The van der Waals surface area contributed by atoms with Crippen LogP contribution in [0.2, 0.25) is 0 Å². The molecule has 2 nitrogen and oxygen atoms in total. The largest absolute Gasteiger partial charge is 0.396 e. The molecule has 0 aromatic heterocycles. The third-order valence-electron chi connectivity index (χ3n) is 2.57. The zero-order chi connectivity index (χ0) is 10.9. The Balaban J connectivity index is 2.35. The molecule has 2 heteroatoms. The Morgan fingerprint density at radius 3 is 1.87 bits per heavy atom. The summed E-state index contributed by atoms with van der Waals surface area (Å²) in [6.45, 7) is 1.06. The first kappa shape index (κ1) is 12.2. The Kier molecular flexibility index (Phi) is 6.05. The number of hydrogen-bond donors (Lipinski definition) is 2. The molecule has 1 rings (SSSR count). The molecule has 0 spiro atoms. The van der Waals surface area contributed by atoms with Gasteiger partial charge in [-0.05, 0) is 49.8 Å². The molecule has 0 amide bonds. The predicted octanol–water partition coefficient (Wildman–Crippen LogP) is 1.89. The summed E-state index contributed by atoms with van der Waals surface area (Å²) in [5.74, 6) is 0. The number of aliphatic hydroxyl groups excluding tert-OH is 1. The molecule has 0 bridgehead atoms. The second-order valence-corrected chi connectivity index (χ2v) is 3.89. The van der Waals surface area contributed by atoms with Crippen molar-refractivity contribution in [1.29, 1.82) is 0 Å². The van der Waals surface area contributed by atoms with E-state index in [1.54, 1.807) is 0 Å². The molecule has 0 aliphatic carbocycles. The maximum absolute atomic E-state index is 8.71. The van der Waals surface area contributed by atoms with Gasteiger partial charge >= 0.3 is 0 Å². The van der Waals surface area contributed by atoms with Crippen molar-refractivity contribution in [2.24, 2.45) is 5.73 Å². The van der Waals surface area contributed by atoms with E-state index in [9.17, 15) is 0 Å². The van der Waals surface area contributed by atoms with E-state index < -0.39 is 0 Å². The second-order valence-electron chi connectivity index (χ2n) is 3.89. The smallest absolute Gasteiger partial charge is 0.0434 e. The van der Waals surface area contributed by atoms with E-state index in [2.05, 4.69) is 24.3 Å². The Bertz CT molecular complexity index is 256. The van der Waals surface area contributed by atoms with Crippen LogP contribution in [0.25, 0.3) is 0 Å². The highest BCUT2D eigenvalue weighted by Crippen LogP contribution is 2.09. The van der Waals surface area contributed by atoms with Gasteiger partial charge in [-0.3, -0.25) is 0 Å². The number of nitrogens with two attached hydrogens (primary N) is 1. The standard InChI is InChI=1S/C13H21NO/c14-10-2-1-4-12-6-8-13(9-7-12)5-3-11-15/h6-9,15H,1-5,10-11,14H2. The van der Waals surface area contributed by atoms with E-state index >= 15 is 0 Å². The molecular weight excluding hydrogens is 186 g/mol. The second kappa shape index (κ2) is 7.43. The van der Waals surface area contributed by atoms with Gasteiger partial charge in [-0.25, -0.2) is 0 Å². The molecule has 0 heterocycles. The average molecular weight is 207 g/mol. The predicted molar refractivity (Wildman–Crippen MR) is 63.8 cm³/mol. The van der Waals surface area contributed by atoms with Gasteiger partial charge in [0.05, 0.1) is 0 Å². The summed E-state index contributed by atoms with van der Waals surface area (Å²) in [4.78, 5) is 0. The molecule has 84 valence electrons. The first-order valence-electron chi connectivity index (χ1n) is 5.75. The van der Waals surface area contributed by atoms with Gasteiger partial charge < -0.3 is 10.8 Å². The van der Waals surface area contributed by atoms with Crippen molar-refractivity contribution in [3.8, 4) is 0 Å². The molecule has 0 aliphatic heterocycles. The lowest BCUT2D eigenvalue weighted by Gasteiger charge is -2.03. The van der Waals surface area contributed by atoms with Crippen molar-refractivity contribution in [3.05, 3.63) is 35.4 Å². The van der Waals surface area contributed by atoms with Crippen LogP contribution in [0, 0.1) is 0 Å². The number of unbranched alkanes of at least 4 members (excludes halogenated alkanes) is 1. The quantitative estimate of drug-likeness (QED) is 0.671. The monoisotopic (exact) mass is 207 g/mol. The fourth-order valence-corrected chi connectivity index (χ4v) is 1.63. The molecule has 1 aromatic rings. The summed E-state index contributed by atoms with van der Waals surface area (Å²) in [5.41, 5.74) is 8.15. The lowest BCUT2D eigenvalue weighted by Crippen LogP contribution is -1.99. The number of rotatable bonds is 7. The lowest BCUT2D eigenvalue weighted by atomic mass is 10.0. The number of aliphatic hydroxyl groups is 1. The molecule has 0 aliphatic rings. The van der Waals surface area contributed by atoms with Crippen molar-refractivity contribution in [2.75, 3.05) is 13.2 Å². The molecule has 0 unspecified atom stereocenters. The van der Waals surface area contributed by atoms with Crippen molar-refractivity contribution in [3.63, 3.8) is 0 Å². The van der Waals surface area contributed by atoms with Crippen molar-refractivity contribution < 1.29 is 5.11 Å². The fraction of sp³-hybridized carbons (Fsp3) is 0.538. The highest BCUT2D eigenvalue weighted by molar-refractivity contribution is 5.22. The van der Waals surface area contributed by atoms with Crippen LogP contribution in [0.4, 0.5) is 0 Å². The van der Waals surface area contributed by atoms with Crippen molar-refractivity contribution in [2.45, 2.75) is 32.1 Å². The zero-order valence-corrected chi connectivity index (χ0v) is 9.28. The van der Waals surface area contributed by atoms with Gasteiger partial charge in [0, 0.05) is 6.61 Å². The highest BCUT2D eigenvalue weighted by atomic mass is 16.2. The number of benzene rings is 1. The Hall–Kier alpha value is -0.860. The van der Waals surface area contributed by atoms with Crippen LogP contribution >= 0.6 is 0 Å². The highest BCUT2D eigenvalue weighted by Gasteiger charge is 1.95. The Morgan fingerprint density at radius 1 is 0.867 bits per heavy atom. The maximum atomic E-state index is 8.71. The van der Waals surface area contributed by atoms with E-state index in [0.717, 1.165) is 32.2 Å². The summed E-state index contributed by atoms with van der Waals surface area (Å²) >= 11 is 0. The molecule has 0 fully saturated rings. The summed E-state index contributed by atoms with van der Waals surface area (Å²) in [5, 5.41) is 8.71. The van der Waals surface area contributed by atoms with E-state index in [4.69, 9.17) is 10.8 Å². The van der Waals surface area contributed by atoms with E-state index in [0.29, 0.717) is 0 Å². The Morgan fingerprint density at radius 2 is 1.40 bits per heavy atom. The molecule has 0 atom stereocenters. The van der Waals surface area contributed by atoms with Crippen LogP contribution in [0.5, 0.6) is 0 Å². The normalized spacial score (nSPS) is 10.5. The SMILES string of the molecule is NCCCCc1ccc(CCCO)cc1. The Labute approximate surface area is 92.1 Å². The topological polar surface area (TPSA) is 46.2 Å². The minimum atomic E-state index is 0.276. The van der Waals surface area contributed by atoms with E-state index in [1.165, 1.54) is 17.5 Å². The van der Waals surface area contributed by atoms with Crippen LogP contribution in [0.15, 0.2) is 24.3 Å². The van der Waals surface area contributed by atoms with Crippen LogP contribution in [0.3, 0.4) is 0 Å². The zero-order valence-electron chi connectivity index (χ0n) is 9.28. The van der Waals surface area contributed by atoms with E-state index in [-0.39, 0.29) is 6.61 Å². The van der Waals surface area contributed by atoms with Crippen molar-refractivity contribution >= 4 is 0 Å². The molecule has 1 aromatic carbocycles. The first-order chi connectivity index (χ1) is 7.36. The summed E-state index contributed by atoms with van der Waals surface area (Å²) in [6, 6.07) is 8.69. The van der Waals surface area contributed by atoms with Gasteiger partial charge in [-0.1, -0.05) is 24.3 Å². The summed E-state index contributed by atoms with van der Waals surface area (Å²) in [6.07, 6.45) is 5.22.